The highest BCUT2D eigenvalue weighted by Gasteiger charge is 2.17. The van der Waals surface area contributed by atoms with Crippen molar-refractivity contribution in [3.63, 3.8) is 0 Å². The Bertz CT molecular complexity index is 537. The van der Waals surface area contributed by atoms with Crippen molar-refractivity contribution >= 4 is 11.1 Å². The summed E-state index contributed by atoms with van der Waals surface area (Å²) in [4.78, 5) is 13.6. The maximum atomic E-state index is 11.0. The van der Waals surface area contributed by atoms with E-state index in [1.54, 1.807) is 0 Å². The van der Waals surface area contributed by atoms with Gasteiger partial charge in [0, 0.05) is 0 Å². The van der Waals surface area contributed by atoms with Crippen LogP contribution in [0.5, 0.6) is 0 Å². The number of hydrogen-bond acceptors (Lipinski definition) is 3. The third-order valence-electron chi connectivity index (χ3n) is 2.87. The van der Waals surface area contributed by atoms with Crippen LogP contribution in [0.15, 0.2) is 27.4 Å². The second-order valence-electron chi connectivity index (χ2n) is 4.07. The Hall–Kier alpha value is -1.55. The number of aromatic amines is 1. The van der Waals surface area contributed by atoms with Crippen molar-refractivity contribution in [2.45, 2.75) is 6.42 Å². The van der Waals surface area contributed by atoms with E-state index in [1.165, 1.54) is 5.56 Å². The lowest BCUT2D eigenvalue weighted by Crippen LogP contribution is -2.43. The standard InChI is InChI=1S/C11H12N2O2/c14-11-13-9-4-7(1-2-10(9)15-11)3-8-5-12-6-8/h1-2,4,8,12H,3,5-6H2,(H,13,14). The normalized spacial score (nSPS) is 16.8. The molecule has 0 spiro atoms. The number of aromatic nitrogens is 1. The molecule has 78 valence electrons. The van der Waals surface area contributed by atoms with Crippen molar-refractivity contribution in [2.24, 2.45) is 5.92 Å². The molecule has 0 saturated carbocycles. The van der Waals surface area contributed by atoms with E-state index in [4.69, 9.17) is 4.42 Å². The van der Waals surface area contributed by atoms with Crippen LogP contribution < -0.4 is 11.1 Å². The van der Waals surface area contributed by atoms with Gasteiger partial charge in [-0.25, -0.2) is 4.79 Å². The molecule has 1 fully saturated rings. The predicted molar refractivity (Wildman–Crippen MR) is 56.9 cm³/mol. The molecule has 0 unspecified atom stereocenters. The third-order valence-corrected chi connectivity index (χ3v) is 2.87. The molecule has 2 N–H and O–H groups in total. The molecule has 0 atom stereocenters. The fraction of sp³-hybridized carbons (Fsp3) is 0.364. The quantitative estimate of drug-likeness (QED) is 0.763. The second-order valence-corrected chi connectivity index (χ2v) is 4.07. The highest BCUT2D eigenvalue weighted by Crippen LogP contribution is 2.17. The minimum atomic E-state index is -0.382. The van der Waals surface area contributed by atoms with E-state index in [2.05, 4.69) is 10.3 Å². The summed E-state index contributed by atoms with van der Waals surface area (Å²) >= 11 is 0. The smallest absolute Gasteiger partial charge is 0.408 e. The lowest BCUT2D eigenvalue weighted by atomic mass is 9.94. The summed E-state index contributed by atoms with van der Waals surface area (Å²) in [5.74, 6) is 0.355. The molecule has 2 heterocycles. The summed E-state index contributed by atoms with van der Waals surface area (Å²) in [5, 5.41) is 3.25. The topological polar surface area (TPSA) is 58.0 Å². The Labute approximate surface area is 86.3 Å². The summed E-state index contributed by atoms with van der Waals surface area (Å²) in [6.07, 6.45) is 1.07. The van der Waals surface area contributed by atoms with E-state index >= 15 is 0 Å². The Kier molecular flexibility index (Phi) is 1.89. The molecule has 1 aliphatic heterocycles. The molecule has 1 aromatic carbocycles. The maximum Gasteiger partial charge on any atom is 0.417 e. The van der Waals surface area contributed by atoms with Crippen LogP contribution in [0.4, 0.5) is 0 Å². The van der Waals surface area contributed by atoms with Gasteiger partial charge in [-0.05, 0) is 43.1 Å². The first-order valence-electron chi connectivity index (χ1n) is 5.14. The van der Waals surface area contributed by atoms with E-state index in [0.717, 1.165) is 30.9 Å². The monoisotopic (exact) mass is 204 g/mol. The van der Waals surface area contributed by atoms with Crippen molar-refractivity contribution in [1.82, 2.24) is 10.3 Å². The van der Waals surface area contributed by atoms with Crippen molar-refractivity contribution in [1.29, 1.82) is 0 Å². The van der Waals surface area contributed by atoms with Gasteiger partial charge in [-0.1, -0.05) is 6.07 Å². The fourth-order valence-corrected chi connectivity index (χ4v) is 1.95. The summed E-state index contributed by atoms with van der Waals surface area (Å²) in [5.41, 5.74) is 2.69. The number of fused-ring (bicyclic) bond motifs is 1. The second kappa shape index (κ2) is 3.24. The average Bonchev–Trinajstić information content (AvgIpc) is 2.50. The molecular formula is C11H12N2O2. The first-order chi connectivity index (χ1) is 7.31. The van der Waals surface area contributed by atoms with E-state index < -0.39 is 0 Å². The largest absolute Gasteiger partial charge is 0.417 e. The molecule has 0 radical (unpaired) electrons. The summed E-state index contributed by atoms with van der Waals surface area (Å²) in [6, 6.07) is 5.88. The molecule has 4 heteroatoms. The number of rotatable bonds is 2. The van der Waals surface area contributed by atoms with Crippen LogP contribution in [0.1, 0.15) is 5.56 Å². The zero-order valence-electron chi connectivity index (χ0n) is 8.25. The maximum absolute atomic E-state index is 11.0. The zero-order chi connectivity index (χ0) is 10.3. The van der Waals surface area contributed by atoms with Crippen LogP contribution >= 0.6 is 0 Å². The molecule has 1 saturated heterocycles. The van der Waals surface area contributed by atoms with Crippen LogP contribution in [0, 0.1) is 5.92 Å². The van der Waals surface area contributed by atoms with Gasteiger partial charge in [0.25, 0.3) is 0 Å². The van der Waals surface area contributed by atoms with Crippen LogP contribution in [0.25, 0.3) is 11.1 Å². The first-order valence-corrected chi connectivity index (χ1v) is 5.14. The van der Waals surface area contributed by atoms with Crippen LogP contribution in [0.3, 0.4) is 0 Å². The highest BCUT2D eigenvalue weighted by atomic mass is 16.4. The van der Waals surface area contributed by atoms with E-state index in [-0.39, 0.29) is 5.76 Å². The number of nitrogens with one attached hydrogen (secondary N) is 2. The zero-order valence-corrected chi connectivity index (χ0v) is 8.25. The van der Waals surface area contributed by atoms with Crippen molar-refractivity contribution in [3.05, 3.63) is 34.3 Å². The van der Waals surface area contributed by atoms with Gasteiger partial charge < -0.3 is 9.73 Å². The molecule has 2 aromatic rings. The summed E-state index contributed by atoms with van der Waals surface area (Å²) in [6.45, 7) is 2.19. The van der Waals surface area contributed by atoms with Gasteiger partial charge in [-0.2, -0.15) is 0 Å². The average molecular weight is 204 g/mol. The highest BCUT2D eigenvalue weighted by molar-refractivity contribution is 5.72. The van der Waals surface area contributed by atoms with Crippen LogP contribution in [-0.4, -0.2) is 18.1 Å². The van der Waals surface area contributed by atoms with Gasteiger partial charge >= 0.3 is 5.76 Å². The molecule has 15 heavy (non-hydrogen) atoms. The molecule has 0 bridgehead atoms. The van der Waals surface area contributed by atoms with Crippen LogP contribution in [-0.2, 0) is 6.42 Å². The van der Waals surface area contributed by atoms with Crippen molar-refractivity contribution in [2.75, 3.05) is 13.1 Å². The molecule has 0 amide bonds. The molecule has 3 rings (SSSR count). The molecule has 1 aromatic heterocycles. The number of oxazole rings is 1. The third kappa shape index (κ3) is 1.57. The summed E-state index contributed by atoms with van der Waals surface area (Å²) < 4.78 is 4.94. The lowest BCUT2D eigenvalue weighted by molar-refractivity contribution is 0.346. The number of H-pyrrole nitrogens is 1. The minimum absolute atomic E-state index is 0.382. The molecule has 0 aliphatic carbocycles. The number of benzene rings is 1. The Morgan fingerprint density at radius 1 is 1.40 bits per heavy atom. The Balaban J connectivity index is 1.94. The lowest BCUT2D eigenvalue weighted by Gasteiger charge is -2.26. The van der Waals surface area contributed by atoms with Gasteiger partial charge in [-0.3, -0.25) is 4.98 Å². The molecule has 1 aliphatic rings. The van der Waals surface area contributed by atoms with Crippen LogP contribution in [0.2, 0.25) is 0 Å². The summed E-state index contributed by atoms with van der Waals surface area (Å²) in [7, 11) is 0. The van der Waals surface area contributed by atoms with E-state index in [9.17, 15) is 4.79 Å². The molecular weight excluding hydrogens is 192 g/mol. The van der Waals surface area contributed by atoms with Gasteiger partial charge in [0.2, 0.25) is 0 Å². The van der Waals surface area contributed by atoms with Crippen molar-refractivity contribution in [3.8, 4) is 0 Å². The Morgan fingerprint density at radius 3 is 3.00 bits per heavy atom. The van der Waals surface area contributed by atoms with Gasteiger partial charge in [0.15, 0.2) is 5.58 Å². The van der Waals surface area contributed by atoms with Gasteiger partial charge in [-0.15, -0.1) is 0 Å². The van der Waals surface area contributed by atoms with Gasteiger partial charge in [0.05, 0.1) is 5.52 Å². The first kappa shape index (κ1) is 8.73. The van der Waals surface area contributed by atoms with Gasteiger partial charge in [0.1, 0.15) is 0 Å². The number of hydrogen-bond donors (Lipinski definition) is 2. The van der Waals surface area contributed by atoms with E-state index in [1.807, 2.05) is 18.2 Å². The molecule has 4 nitrogen and oxygen atoms in total. The van der Waals surface area contributed by atoms with E-state index in [0.29, 0.717) is 5.58 Å². The van der Waals surface area contributed by atoms with Crippen molar-refractivity contribution < 1.29 is 4.42 Å². The fourth-order valence-electron chi connectivity index (χ4n) is 1.95. The minimum Gasteiger partial charge on any atom is -0.408 e. The Morgan fingerprint density at radius 2 is 2.27 bits per heavy atom. The predicted octanol–water partition coefficient (Wildman–Crippen LogP) is 0.883. The SMILES string of the molecule is O=c1[nH]c2cc(CC3CNC3)ccc2o1.